The van der Waals surface area contributed by atoms with Crippen molar-refractivity contribution in [1.82, 2.24) is 4.98 Å². The highest BCUT2D eigenvalue weighted by Crippen LogP contribution is 2.31. The molecule has 3 rings (SSSR count). The lowest BCUT2D eigenvalue weighted by atomic mass is 10.1. The summed E-state index contributed by atoms with van der Waals surface area (Å²) in [5, 5.41) is 11.1. The maximum absolute atomic E-state index is 13.7. The first-order chi connectivity index (χ1) is 10.9. The van der Waals surface area contributed by atoms with Crippen LogP contribution in [0.5, 0.6) is 0 Å². The topological polar surface area (TPSA) is 50.2 Å². The third-order valence-corrected chi connectivity index (χ3v) is 5.66. The number of benzene rings is 1. The number of halogens is 3. The number of hydrogen-bond acceptors (Lipinski definition) is 4. The van der Waals surface area contributed by atoms with Crippen molar-refractivity contribution in [2.24, 2.45) is 0 Å². The Bertz CT molecular complexity index is 917. The molecule has 0 radical (unpaired) electrons. The normalized spacial score (nSPS) is 11.3. The van der Waals surface area contributed by atoms with Crippen molar-refractivity contribution in [2.45, 2.75) is 19.8 Å². The van der Waals surface area contributed by atoms with Crippen LogP contribution in [-0.4, -0.2) is 16.1 Å². The minimum atomic E-state index is -1.26. The number of carbonyl (C=O) groups is 1. The number of fused-ring (bicyclic) bond motifs is 1. The monoisotopic (exact) mass is 357 g/mol. The molecule has 0 aliphatic carbocycles. The van der Waals surface area contributed by atoms with E-state index in [9.17, 15) is 18.0 Å². The number of nitrogens with zero attached hydrogens (tertiary/aromatic N) is 1. The van der Waals surface area contributed by atoms with Gasteiger partial charge in [-0.15, -0.1) is 22.7 Å². The Morgan fingerprint density at radius 2 is 2.04 bits per heavy atom. The molecule has 0 spiro atoms. The average Bonchev–Trinajstić information content (AvgIpc) is 3.04. The highest BCUT2D eigenvalue weighted by Gasteiger charge is 2.18. The Morgan fingerprint density at radius 3 is 2.74 bits per heavy atom. The fraction of sp³-hybridized carbons (Fsp3) is 0.200. The maximum Gasteiger partial charge on any atom is 0.308 e. The molecule has 2 heterocycles. The fourth-order valence-electron chi connectivity index (χ4n) is 2.25. The molecule has 1 aromatic carbocycles. The average molecular weight is 357 g/mol. The molecule has 120 valence electrons. The van der Waals surface area contributed by atoms with Gasteiger partial charge < -0.3 is 5.11 Å². The summed E-state index contributed by atoms with van der Waals surface area (Å²) in [6.45, 7) is 1.80. The summed E-state index contributed by atoms with van der Waals surface area (Å²) in [5.74, 6) is -4.17. The van der Waals surface area contributed by atoms with E-state index in [4.69, 9.17) is 5.11 Å². The summed E-state index contributed by atoms with van der Waals surface area (Å²) in [5.41, 5.74) is 1.39. The molecule has 0 bridgehead atoms. The van der Waals surface area contributed by atoms with Crippen LogP contribution in [0.4, 0.5) is 13.2 Å². The Morgan fingerprint density at radius 1 is 1.30 bits per heavy atom. The molecule has 0 saturated carbocycles. The minimum Gasteiger partial charge on any atom is -0.481 e. The van der Waals surface area contributed by atoms with Crippen LogP contribution in [0.25, 0.3) is 10.2 Å². The number of rotatable bonds is 4. The molecular weight excluding hydrogens is 347 g/mol. The van der Waals surface area contributed by atoms with E-state index in [2.05, 4.69) is 4.98 Å². The van der Waals surface area contributed by atoms with Gasteiger partial charge in [0.1, 0.15) is 11.3 Å². The van der Waals surface area contributed by atoms with Gasteiger partial charge in [-0.1, -0.05) is 0 Å². The maximum atomic E-state index is 13.7. The highest BCUT2D eigenvalue weighted by molar-refractivity contribution is 7.18. The molecule has 0 saturated heterocycles. The lowest BCUT2D eigenvalue weighted by molar-refractivity contribution is -0.136. The molecule has 0 aliphatic heterocycles. The second-order valence-corrected chi connectivity index (χ2v) is 7.04. The van der Waals surface area contributed by atoms with Crippen molar-refractivity contribution >= 4 is 38.9 Å². The van der Waals surface area contributed by atoms with Gasteiger partial charge in [-0.2, -0.15) is 0 Å². The van der Waals surface area contributed by atoms with Gasteiger partial charge in [-0.25, -0.2) is 18.2 Å². The summed E-state index contributed by atoms with van der Waals surface area (Å²) >= 11 is 2.30. The summed E-state index contributed by atoms with van der Waals surface area (Å²) in [7, 11) is 0. The SMILES string of the molecule is Cc1c(Cc2nc3c(F)c(F)cc(F)c3s2)csc1CC(=O)O. The number of aromatic nitrogens is 1. The van der Waals surface area contributed by atoms with E-state index in [1.807, 2.05) is 5.38 Å². The molecule has 3 nitrogen and oxygen atoms in total. The van der Waals surface area contributed by atoms with E-state index in [-0.39, 0.29) is 16.6 Å². The predicted octanol–water partition coefficient (Wildman–Crippen LogP) is 4.30. The van der Waals surface area contributed by atoms with Crippen molar-refractivity contribution in [3.05, 3.63) is 49.9 Å². The zero-order valence-corrected chi connectivity index (χ0v) is 13.5. The standard InChI is InChI=1S/C15H10F3NO2S2/c1-6-7(5-22-10(6)4-12(20)21)2-11-19-14-13(18)8(16)3-9(17)15(14)23-11/h3,5H,2,4H2,1H3,(H,20,21). The fourth-order valence-corrected chi connectivity index (χ4v) is 4.30. The van der Waals surface area contributed by atoms with Crippen LogP contribution in [0, 0.1) is 24.4 Å². The summed E-state index contributed by atoms with van der Waals surface area (Å²) in [6, 6.07) is 0.514. The van der Waals surface area contributed by atoms with Gasteiger partial charge in [0.25, 0.3) is 0 Å². The lowest BCUT2D eigenvalue weighted by Gasteiger charge is -1.98. The van der Waals surface area contributed by atoms with Gasteiger partial charge in [0, 0.05) is 17.4 Å². The van der Waals surface area contributed by atoms with E-state index >= 15 is 0 Å². The molecule has 1 N–H and O–H groups in total. The third-order valence-electron chi connectivity index (χ3n) is 3.46. The van der Waals surface area contributed by atoms with Crippen molar-refractivity contribution < 1.29 is 23.1 Å². The molecular formula is C15H10F3NO2S2. The van der Waals surface area contributed by atoms with Crippen LogP contribution < -0.4 is 0 Å². The number of hydrogen-bond donors (Lipinski definition) is 1. The lowest BCUT2D eigenvalue weighted by Crippen LogP contribution is -1.99. The van der Waals surface area contributed by atoms with Gasteiger partial charge in [0.15, 0.2) is 11.6 Å². The quantitative estimate of drug-likeness (QED) is 0.708. The van der Waals surface area contributed by atoms with Gasteiger partial charge in [-0.05, 0) is 23.4 Å². The predicted molar refractivity (Wildman–Crippen MR) is 82.7 cm³/mol. The van der Waals surface area contributed by atoms with Crippen LogP contribution in [-0.2, 0) is 17.6 Å². The van der Waals surface area contributed by atoms with E-state index in [0.29, 0.717) is 17.5 Å². The van der Waals surface area contributed by atoms with Crippen LogP contribution in [0.2, 0.25) is 0 Å². The van der Waals surface area contributed by atoms with Gasteiger partial charge >= 0.3 is 5.97 Å². The summed E-state index contributed by atoms with van der Waals surface area (Å²) in [6.07, 6.45) is 0.257. The van der Waals surface area contributed by atoms with Crippen molar-refractivity contribution in [2.75, 3.05) is 0 Å². The zero-order valence-electron chi connectivity index (χ0n) is 11.8. The first-order valence-electron chi connectivity index (χ1n) is 6.57. The van der Waals surface area contributed by atoms with Crippen LogP contribution in [0.3, 0.4) is 0 Å². The molecule has 8 heteroatoms. The number of thiophene rings is 1. The number of thiazole rings is 1. The van der Waals surface area contributed by atoms with Crippen molar-refractivity contribution in [1.29, 1.82) is 0 Å². The largest absolute Gasteiger partial charge is 0.481 e. The Hall–Kier alpha value is -1.93. The smallest absolute Gasteiger partial charge is 0.308 e. The second kappa shape index (κ2) is 5.93. The molecule has 0 atom stereocenters. The van der Waals surface area contributed by atoms with Crippen molar-refractivity contribution in [3.63, 3.8) is 0 Å². The molecule has 0 aliphatic rings. The first kappa shape index (κ1) is 15.9. The van der Waals surface area contributed by atoms with Crippen LogP contribution in [0.1, 0.15) is 21.0 Å². The first-order valence-corrected chi connectivity index (χ1v) is 8.27. The van der Waals surface area contributed by atoms with Gasteiger partial charge in [0.2, 0.25) is 0 Å². The Kier molecular flexibility index (Phi) is 4.11. The van der Waals surface area contributed by atoms with Gasteiger partial charge in [-0.3, -0.25) is 4.79 Å². The van der Waals surface area contributed by atoms with E-state index in [0.717, 1.165) is 27.3 Å². The number of aliphatic carboxylic acids is 1. The van der Waals surface area contributed by atoms with Crippen LogP contribution in [0.15, 0.2) is 11.4 Å². The molecule has 23 heavy (non-hydrogen) atoms. The molecule has 0 amide bonds. The van der Waals surface area contributed by atoms with E-state index < -0.39 is 23.4 Å². The van der Waals surface area contributed by atoms with Crippen molar-refractivity contribution in [3.8, 4) is 0 Å². The number of carboxylic acid groups (broad SMARTS) is 1. The molecule has 0 unspecified atom stereocenters. The Labute approximate surface area is 137 Å². The number of carboxylic acids is 1. The van der Waals surface area contributed by atoms with Crippen LogP contribution >= 0.6 is 22.7 Å². The third kappa shape index (κ3) is 2.96. The van der Waals surface area contributed by atoms with Gasteiger partial charge in [0.05, 0.1) is 16.1 Å². The zero-order chi connectivity index (χ0) is 16.7. The molecule has 0 fully saturated rings. The van der Waals surface area contributed by atoms with E-state index in [1.165, 1.54) is 11.3 Å². The highest BCUT2D eigenvalue weighted by atomic mass is 32.1. The second-order valence-electron chi connectivity index (χ2n) is 5.00. The Balaban J connectivity index is 1.96. The minimum absolute atomic E-state index is 0.0162. The summed E-state index contributed by atoms with van der Waals surface area (Å²) in [4.78, 5) is 15.5. The van der Waals surface area contributed by atoms with E-state index in [1.54, 1.807) is 6.92 Å². The summed E-state index contributed by atoms with van der Waals surface area (Å²) < 4.78 is 40.6. The molecule has 3 aromatic rings. The molecule has 2 aromatic heterocycles.